The molecule has 0 aliphatic rings. The highest BCUT2D eigenvalue weighted by Crippen LogP contribution is 2.38. The number of carbonyl (C=O) groups is 6. The monoisotopic (exact) mass is 1140 g/mol. The molecule has 0 aliphatic heterocycles. The average Bonchev–Trinajstić information content (AvgIpc) is 3.07. The highest BCUT2D eigenvalue weighted by Gasteiger charge is 2.42. The second-order valence-electron chi connectivity index (χ2n) is 11.9. The van der Waals surface area contributed by atoms with Crippen LogP contribution in [0.1, 0.15) is 44.9 Å². The molecule has 0 N–H and O–H groups in total. The van der Waals surface area contributed by atoms with Crippen LogP contribution in [-0.2, 0) is 57.2 Å². The Kier molecular flexibility index (Phi) is 27.4. The Balaban J connectivity index is 5.95. The fraction of sp³-hybridized carbons (Fsp3) is 0.733. The van der Waals surface area contributed by atoms with Crippen molar-refractivity contribution in [2.75, 3.05) is 39.6 Å². The lowest BCUT2D eigenvalue weighted by Gasteiger charge is -2.28. The van der Waals surface area contributed by atoms with Crippen LogP contribution in [0.5, 0.6) is 0 Å². The van der Waals surface area contributed by atoms with Crippen molar-refractivity contribution in [1.29, 1.82) is 0 Å². The van der Waals surface area contributed by atoms with Crippen LogP contribution in [0.3, 0.4) is 0 Å². The minimum Gasteiger partial charge on any atom is -0.463 e. The number of halogens is 16. The summed E-state index contributed by atoms with van der Waals surface area (Å²) in [6.45, 7) is 1.23. The summed E-state index contributed by atoms with van der Waals surface area (Å²) in [5.41, 5.74) is 0. The van der Waals surface area contributed by atoms with Crippen molar-refractivity contribution < 1.29 is 57.2 Å². The van der Waals surface area contributed by atoms with Crippen LogP contribution in [0.2, 0.25) is 0 Å². The SMILES string of the molecule is C=CCOC(=O)C(Cl)(Cl)CC(COC(=O)C(Cl)(Cl)Cl)CC(CCCOC(=O)C(Cl)(Cl)CC(CCCOC(=O)C(Cl)(Cl)Cl)COC(=O)C(Cl)(Cl)Cl)COC(=O)C(Cl)(Cl)Cl. The Morgan fingerprint density at radius 3 is 1.14 bits per heavy atom. The number of ether oxygens (including phenoxy) is 6. The molecule has 12 nitrogen and oxygen atoms in total. The Hall–Kier alpha value is 1.20. The molecule has 0 amide bonds. The number of rotatable bonds is 24. The minimum absolute atomic E-state index is 0.0410. The normalized spacial score (nSPS) is 14.3. The van der Waals surface area contributed by atoms with E-state index in [9.17, 15) is 28.8 Å². The third-order valence-electron chi connectivity index (χ3n) is 6.94. The lowest BCUT2D eigenvalue weighted by molar-refractivity contribution is -0.147. The van der Waals surface area contributed by atoms with Gasteiger partial charge in [-0.15, -0.1) is 0 Å². The first kappa shape index (κ1) is 59.2. The Morgan fingerprint density at radius 1 is 0.431 bits per heavy atom. The molecule has 0 heterocycles. The fourth-order valence-electron chi connectivity index (χ4n) is 4.41. The molecule has 3 atom stereocenters. The van der Waals surface area contributed by atoms with Gasteiger partial charge >= 0.3 is 35.8 Å². The highest BCUT2D eigenvalue weighted by molar-refractivity contribution is 6.77. The minimum atomic E-state index is -2.47. The molecule has 0 saturated heterocycles. The van der Waals surface area contributed by atoms with Gasteiger partial charge in [-0.3, -0.25) is 0 Å². The van der Waals surface area contributed by atoms with Crippen LogP contribution in [0.25, 0.3) is 0 Å². The average molecular weight is 1150 g/mol. The second-order valence-corrected chi connectivity index (χ2v) is 24.0. The Labute approximate surface area is 413 Å². The van der Waals surface area contributed by atoms with Crippen molar-refractivity contribution in [1.82, 2.24) is 0 Å². The van der Waals surface area contributed by atoms with E-state index in [1.165, 1.54) is 6.08 Å². The van der Waals surface area contributed by atoms with E-state index in [1.807, 2.05) is 0 Å². The van der Waals surface area contributed by atoms with Gasteiger partial charge in [0.1, 0.15) is 6.61 Å². The maximum Gasteiger partial charge on any atom is 0.358 e. The molecule has 58 heavy (non-hydrogen) atoms. The smallest absolute Gasteiger partial charge is 0.358 e. The third kappa shape index (κ3) is 25.5. The van der Waals surface area contributed by atoms with Crippen molar-refractivity contribution in [3.05, 3.63) is 12.7 Å². The number of hydrogen-bond donors (Lipinski definition) is 0. The molecule has 0 rings (SSSR count). The highest BCUT2D eigenvalue weighted by atomic mass is 35.6. The van der Waals surface area contributed by atoms with Gasteiger partial charge in [0.25, 0.3) is 15.2 Å². The molecule has 0 bridgehead atoms. The summed E-state index contributed by atoms with van der Waals surface area (Å²) >= 11 is 92.1. The van der Waals surface area contributed by atoms with Gasteiger partial charge in [0.05, 0.1) is 33.0 Å². The number of hydrogen-bond acceptors (Lipinski definition) is 12. The second kappa shape index (κ2) is 26.9. The number of carbonyl (C=O) groups excluding carboxylic acids is 6. The van der Waals surface area contributed by atoms with Gasteiger partial charge < -0.3 is 28.4 Å². The Morgan fingerprint density at radius 2 is 0.741 bits per heavy atom. The maximum atomic E-state index is 13.1. The summed E-state index contributed by atoms with van der Waals surface area (Å²) in [4.78, 5) is 73.9. The van der Waals surface area contributed by atoms with E-state index in [1.54, 1.807) is 0 Å². The summed E-state index contributed by atoms with van der Waals surface area (Å²) < 4.78 is 16.3. The number of alkyl halides is 16. The third-order valence-corrected chi connectivity index (χ3v) is 10.0. The molecule has 0 aromatic heterocycles. The van der Waals surface area contributed by atoms with Crippen LogP contribution in [0.4, 0.5) is 0 Å². The quantitative estimate of drug-likeness (QED) is 0.0297. The molecule has 0 saturated carbocycles. The molecule has 0 radical (unpaired) electrons. The van der Waals surface area contributed by atoms with Gasteiger partial charge in [0, 0.05) is 0 Å². The van der Waals surface area contributed by atoms with Crippen molar-refractivity contribution in [2.24, 2.45) is 17.8 Å². The Bertz CT molecular complexity index is 1390. The number of esters is 6. The van der Waals surface area contributed by atoms with E-state index in [4.69, 9.17) is 214 Å². The molecule has 0 aromatic rings. The zero-order valence-electron chi connectivity index (χ0n) is 29.2. The van der Waals surface area contributed by atoms with Gasteiger partial charge in [-0.2, -0.15) is 0 Å². The molecule has 0 spiro atoms. The summed E-state index contributed by atoms with van der Waals surface area (Å²) in [6.07, 6.45) is 0.680. The molecule has 0 aromatic carbocycles. The molecular formula is C30H32Cl16O12. The molecule has 336 valence electrons. The predicted octanol–water partition coefficient (Wildman–Crippen LogP) is 10.8. The van der Waals surface area contributed by atoms with Crippen LogP contribution in [-0.4, -0.2) is 99.3 Å². The van der Waals surface area contributed by atoms with E-state index in [-0.39, 0.29) is 51.9 Å². The maximum absolute atomic E-state index is 13.1. The molecule has 28 heteroatoms. The summed E-state index contributed by atoms with van der Waals surface area (Å²) in [6, 6.07) is 0. The summed E-state index contributed by atoms with van der Waals surface area (Å²) in [5.74, 6) is -9.50. The zero-order valence-corrected chi connectivity index (χ0v) is 41.3. The summed E-state index contributed by atoms with van der Waals surface area (Å²) in [7, 11) is 0. The van der Waals surface area contributed by atoms with Gasteiger partial charge in [-0.25, -0.2) is 28.8 Å². The van der Waals surface area contributed by atoms with E-state index < -0.39 is 110 Å². The first-order chi connectivity index (χ1) is 26.2. The zero-order chi connectivity index (χ0) is 45.3. The van der Waals surface area contributed by atoms with E-state index in [0.29, 0.717) is 0 Å². The summed E-state index contributed by atoms with van der Waals surface area (Å²) in [5, 5.41) is 0. The molecule has 0 fully saturated rings. The molecular weight excluding hydrogens is 1120 g/mol. The van der Waals surface area contributed by atoms with Crippen molar-refractivity contribution in [3.63, 3.8) is 0 Å². The lowest BCUT2D eigenvalue weighted by atomic mass is 9.88. The first-order valence-electron chi connectivity index (χ1n) is 15.9. The van der Waals surface area contributed by atoms with Crippen LogP contribution < -0.4 is 0 Å². The first-order valence-corrected chi connectivity index (χ1v) is 22.0. The van der Waals surface area contributed by atoms with Crippen LogP contribution >= 0.6 is 186 Å². The van der Waals surface area contributed by atoms with Crippen LogP contribution in [0, 0.1) is 17.8 Å². The van der Waals surface area contributed by atoms with E-state index in [2.05, 4.69) is 6.58 Å². The standard InChI is InChI=1S/C30H32Cl16O12/c1-2-7-53-19(47)26(33,34)12-18(15-58-24(52)30(44,45)46)10-16(13-56-22(50)28(38,39)40)5-3-8-54-20(48)25(31,32)11-17(14-57-23(51)29(41,42)43)6-4-9-55-21(49)27(35,36)37/h2,16-18H,1,3-15H2. The fourth-order valence-corrected chi connectivity index (χ4v) is 6.16. The van der Waals surface area contributed by atoms with E-state index in [0.717, 1.165) is 0 Å². The van der Waals surface area contributed by atoms with Crippen molar-refractivity contribution >= 4 is 221 Å². The van der Waals surface area contributed by atoms with E-state index >= 15 is 0 Å². The molecule has 0 aliphatic carbocycles. The largest absolute Gasteiger partial charge is 0.463 e. The topological polar surface area (TPSA) is 158 Å². The van der Waals surface area contributed by atoms with Crippen LogP contribution in [0.15, 0.2) is 12.7 Å². The van der Waals surface area contributed by atoms with Crippen molar-refractivity contribution in [2.45, 2.75) is 68.8 Å². The lowest BCUT2D eigenvalue weighted by Crippen LogP contribution is -2.35. The predicted molar refractivity (Wildman–Crippen MR) is 229 cm³/mol. The van der Waals surface area contributed by atoms with Gasteiger partial charge in [0.15, 0.2) is 0 Å². The van der Waals surface area contributed by atoms with Gasteiger partial charge in [-0.05, 0) is 62.7 Å². The van der Waals surface area contributed by atoms with Gasteiger partial charge in [0.2, 0.25) is 8.67 Å². The molecule has 3 unspecified atom stereocenters. The van der Waals surface area contributed by atoms with Gasteiger partial charge in [-0.1, -0.05) is 198 Å². The van der Waals surface area contributed by atoms with Crippen molar-refractivity contribution in [3.8, 4) is 0 Å².